The highest BCUT2D eigenvalue weighted by Crippen LogP contribution is 2.16. The van der Waals surface area contributed by atoms with E-state index < -0.39 is 0 Å². The average Bonchev–Trinajstić information content (AvgIpc) is 2.60. The number of nitrogens with one attached hydrogen (secondary N) is 1. The molecule has 1 aliphatic heterocycles. The highest BCUT2D eigenvalue weighted by atomic mass is 16.5. The molecule has 0 spiro atoms. The molecule has 3 heteroatoms. The lowest BCUT2D eigenvalue weighted by Gasteiger charge is -2.02. The molecule has 1 fully saturated rings. The molecule has 1 saturated heterocycles. The Labute approximate surface area is 65.8 Å². The minimum atomic E-state index is 0.715. The second kappa shape index (κ2) is 3.05. The third kappa shape index (κ3) is 1.60. The molecule has 0 amide bonds. The van der Waals surface area contributed by atoms with Crippen LogP contribution in [-0.2, 0) is 11.2 Å². The lowest BCUT2D eigenvalue weighted by atomic mass is 10.0. The van der Waals surface area contributed by atoms with Crippen molar-refractivity contribution in [3.8, 4) is 0 Å². The van der Waals surface area contributed by atoms with Gasteiger partial charge in [0.15, 0.2) is 0 Å². The van der Waals surface area contributed by atoms with Crippen molar-refractivity contribution >= 4 is 0 Å². The van der Waals surface area contributed by atoms with E-state index in [0.717, 1.165) is 19.6 Å². The Balaban J connectivity index is 1.90. The van der Waals surface area contributed by atoms with Crippen molar-refractivity contribution in [3.05, 3.63) is 18.0 Å². The van der Waals surface area contributed by atoms with Crippen LogP contribution in [0.3, 0.4) is 0 Å². The van der Waals surface area contributed by atoms with E-state index in [1.807, 2.05) is 12.4 Å². The van der Waals surface area contributed by atoms with Crippen LogP contribution in [0, 0.1) is 5.92 Å². The summed E-state index contributed by atoms with van der Waals surface area (Å²) >= 11 is 0. The van der Waals surface area contributed by atoms with Crippen LogP contribution in [0.5, 0.6) is 0 Å². The zero-order valence-corrected chi connectivity index (χ0v) is 6.42. The van der Waals surface area contributed by atoms with E-state index >= 15 is 0 Å². The second-order valence-corrected chi connectivity index (χ2v) is 3.04. The molecule has 1 aliphatic rings. The number of rotatable bonds is 2. The van der Waals surface area contributed by atoms with E-state index in [4.69, 9.17) is 4.74 Å². The zero-order chi connectivity index (χ0) is 7.52. The molecule has 3 nitrogen and oxygen atoms in total. The van der Waals surface area contributed by atoms with Crippen LogP contribution in [0.25, 0.3) is 0 Å². The van der Waals surface area contributed by atoms with Gasteiger partial charge in [0.05, 0.1) is 6.20 Å². The van der Waals surface area contributed by atoms with Gasteiger partial charge in [-0.2, -0.15) is 5.10 Å². The van der Waals surface area contributed by atoms with Crippen LogP contribution in [0.2, 0.25) is 0 Å². The van der Waals surface area contributed by atoms with Gasteiger partial charge in [0.1, 0.15) is 0 Å². The van der Waals surface area contributed by atoms with Crippen molar-refractivity contribution in [2.45, 2.75) is 12.8 Å². The van der Waals surface area contributed by atoms with Crippen LogP contribution < -0.4 is 0 Å². The molecule has 1 N–H and O–H groups in total. The molecular formula is C8H12N2O. The summed E-state index contributed by atoms with van der Waals surface area (Å²) in [5.74, 6) is 0.715. The summed E-state index contributed by atoms with van der Waals surface area (Å²) < 4.78 is 5.28. The third-order valence-electron chi connectivity index (χ3n) is 2.10. The lowest BCUT2D eigenvalue weighted by molar-refractivity contribution is 0.186. The second-order valence-electron chi connectivity index (χ2n) is 3.04. The zero-order valence-electron chi connectivity index (χ0n) is 6.42. The molecular weight excluding hydrogens is 140 g/mol. The first kappa shape index (κ1) is 6.85. The number of nitrogens with zero attached hydrogens (tertiary/aromatic N) is 1. The first-order valence-electron chi connectivity index (χ1n) is 4.00. The Bertz CT molecular complexity index is 202. The first-order chi connectivity index (χ1) is 5.45. The largest absolute Gasteiger partial charge is 0.381 e. The predicted octanol–water partition coefficient (Wildman–Crippen LogP) is 0.989. The average molecular weight is 152 g/mol. The number of H-pyrrole nitrogens is 1. The monoisotopic (exact) mass is 152 g/mol. The summed E-state index contributed by atoms with van der Waals surface area (Å²) in [6, 6.07) is 0. The fraction of sp³-hybridized carbons (Fsp3) is 0.625. The van der Waals surface area contributed by atoms with E-state index in [1.165, 1.54) is 12.0 Å². The van der Waals surface area contributed by atoms with Crippen molar-refractivity contribution in [2.24, 2.45) is 5.92 Å². The maximum Gasteiger partial charge on any atom is 0.0519 e. The summed E-state index contributed by atoms with van der Waals surface area (Å²) in [4.78, 5) is 0. The molecule has 1 aromatic rings. The van der Waals surface area contributed by atoms with Crippen LogP contribution in [0.15, 0.2) is 12.4 Å². The maximum absolute atomic E-state index is 5.28. The van der Waals surface area contributed by atoms with Gasteiger partial charge in [-0.3, -0.25) is 5.10 Å². The molecule has 60 valence electrons. The fourth-order valence-electron chi connectivity index (χ4n) is 1.47. The van der Waals surface area contributed by atoms with Gasteiger partial charge in [-0.25, -0.2) is 0 Å². The van der Waals surface area contributed by atoms with Crippen molar-refractivity contribution in [1.82, 2.24) is 10.2 Å². The van der Waals surface area contributed by atoms with Crippen molar-refractivity contribution < 1.29 is 4.74 Å². The van der Waals surface area contributed by atoms with E-state index in [0.29, 0.717) is 5.92 Å². The Morgan fingerprint density at radius 2 is 2.73 bits per heavy atom. The minimum Gasteiger partial charge on any atom is -0.381 e. The summed E-state index contributed by atoms with van der Waals surface area (Å²) in [5, 5.41) is 6.71. The number of ether oxygens (including phenoxy) is 1. The summed E-state index contributed by atoms with van der Waals surface area (Å²) in [7, 11) is 0. The van der Waals surface area contributed by atoms with Crippen LogP contribution in [-0.4, -0.2) is 23.4 Å². The molecule has 0 bridgehead atoms. The molecule has 1 aromatic heterocycles. The fourth-order valence-corrected chi connectivity index (χ4v) is 1.47. The molecule has 1 atom stereocenters. The van der Waals surface area contributed by atoms with E-state index in [9.17, 15) is 0 Å². The van der Waals surface area contributed by atoms with Gasteiger partial charge in [-0.05, 0) is 24.3 Å². The van der Waals surface area contributed by atoms with Gasteiger partial charge in [-0.1, -0.05) is 0 Å². The maximum atomic E-state index is 5.28. The molecule has 0 radical (unpaired) electrons. The highest BCUT2D eigenvalue weighted by Gasteiger charge is 2.15. The van der Waals surface area contributed by atoms with Crippen LogP contribution in [0.4, 0.5) is 0 Å². The van der Waals surface area contributed by atoms with E-state index in [1.54, 1.807) is 0 Å². The topological polar surface area (TPSA) is 37.9 Å². The van der Waals surface area contributed by atoms with E-state index in [-0.39, 0.29) is 0 Å². The van der Waals surface area contributed by atoms with Crippen molar-refractivity contribution in [1.29, 1.82) is 0 Å². The molecule has 11 heavy (non-hydrogen) atoms. The lowest BCUT2D eigenvalue weighted by Crippen LogP contribution is -2.02. The van der Waals surface area contributed by atoms with Gasteiger partial charge in [0, 0.05) is 19.4 Å². The Morgan fingerprint density at radius 3 is 3.36 bits per heavy atom. The number of hydrogen-bond donors (Lipinski definition) is 1. The molecule has 0 saturated carbocycles. The Hall–Kier alpha value is -0.830. The molecule has 2 heterocycles. The molecule has 2 rings (SSSR count). The van der Waals surface area contributed by atoms with E-state index in [2.05, 4.69) is 10.2 Å². The van der Waals surface area contributed by atoms with Gasteiger partial charge >= 0.3 is 0 Å². The molecule has 1 unspecified atom stereocenters. The normalized spacial score (nSPS) is 24.2. The van der Waals surface area contributed by atoms with Gasteiger partial charge in [0.2, 0.25) is 0 Å². The summed E-state index contributed by atoms with van der Waals surface area (Å²) in [6.45, 7) is 1.85. The Morgan fingerprint density at radius 1 is 1.73 bits per heavy atom. The van der Waals surface area contributed by atoms with Crippen molar-refractivity contribution in [2.75, 3.05) is 13.2 Å². The first-order valence-corrected chi connectivity index (χ1v) is 4.00. The standard InChI is InChI=1S/C8H12N2O/c1-2-11-6-7(1)3-8-4-9-10-5-8/h4-5,7H,1-3,6H2,(H,9,10). The number of aromatic amines is 1. The third-order valence-corrected chi connectivity index (χ3v) is 2.10. The smallest absolute Gasteiger partial charge is 0.0519 e. The quantitative estimate of drug-likeness (QED) is 0.686. The van der Waals surface area contributed by atoms with Crippen molar-refractivity contribution in [3.63, 3.8) is 0 Å². The summed E-state index contributed by atoms with van der Waals surface area (Å²) in [6.07, 6.45) is 6.15. The van der Waals surface area contributed by atoms with Crippen LogP contribution >= 0.6 is 0 Å². The van der Waals surface area contributed by atoms with Gasteiger partial charge in [0.25, 0.3) is 0 Å². The predicted molar refractivity (Wildman–Crippen MR) is 41.2 cm³/mol. The highest BCUT2D eigenvalue weighted by molar-refractivity contribution is 5.03. The SMILES string of the molecule is c1n[nH]cc1CC1CCOC1. The van der Waals surface area contributed by atoms with Crippen LogP contribution in [0.1, 0.15) is 12.0 Å². The molecule has 0 aliphatic carbocycles. The number of hydrogen-bond acceptors (Lipinski definition) is 2. The number of aromatic nitrogens is 2. The minimum absolute atomic E-state index is 0.715. The summed E-state index contributed by atoms with van der Waals surface area (Å²) in [5.41, 5.74) is 1.29. The molecule has 0 aromatic carbocycles. The van der Waals surface area contributed by atoms with Gasteiger partial charge < -0.3 is 4.74 Å². The Kier molecular flexibility index (Phi) is 1.90. The van der Waals surface area contributed by atoms with Gasteiger partial charge in [-0.15, -0.1) is 0 Å².